The van der Waals surface area contributed by atoms with Crippen molar-refractivity contribution in [3.05, 3.63) is 30.3 Å². The Hall–Kier alpha value is -1.88. The van der Waals surface area contributed by atoms with E-state index in [2.05, 4.69) is 38.3 Å². The lowest BCUT2D eigenvalue weighted by Crippen LogP contribution is -2.62. The molecule has 2 amide bonds. The Labute approximate surface area is 157 Å². The molecular weight excluding hydrogens is 326 g/mol. The zero-order valence-corrected chi connectivity index (χ0v) is 16.8. The van der Waals surface area contributed by atoms with Crippen LogP contribution in [0, 0.1) is 0 Å². The first-order valence-electron chi connectivity index (χ1n) is 9.48. The minimum Gasteiger partial charge on any atom is -0.353 e. The van der Waals surface area contributed by atoms with Crippen molar-refractivity contribution in [2.75, 3.05) is 11.9 Å². The molecule has 1 aromatic carbocycles. The van der Waals surface area contributed by atoms with Crippen molar-refractivity contribution in [1.82, 2.24) is 10.6 Å². The third-order valence-corrected chi connectivity index (χ3v) is 4.87. The van der Waals surface area contributed by atoms with Crippen molar-refractivity contribution in [2.45, 2.75) is 76.9 Å². The van der Waals surface area contributed by atoms with Gasteiger partial charge in [0.05, 0.1) is 0 Å². The number of benzene rings is 1. The highest BCUT2D eigenvalue weighted by Gasteiger charge is 2.38. The van der Waals surface area contributed by atoms with E-state index in [0.717, 1.165) is 18.5 Å². The molecule has 0 aliphatic carbocycles. The van der Waals surface area contributed by atoms with E-state index in [0.29, 0.717) is 19.3 Å². The number of carbonyl (C=O) groups excluding carboxylic acids is 2. The van der Waals surface area contributed by atoms with Crippen LogP contribution in [0.1, 0.15) is 59.8 Å². The zero-order chi connectivity index (χ0) is 19.4. The SMILES string of the molecule is CN(C(=O)CCCC(=O)NC1CC(C)(C)NC(C)(C)C1)c1ccccc1. The number of amides is 2. The fourth-order valence-corrected chi connectivity index (χ4v) is 4.09. The molecule has 1 heterocycles. The molecule has 0 spiro atoms. The van der Waals surface area contributed by atoms with Crippen molar-refractivity contribution >= 4 is 17.5 Å². The zero-order valence-electron chi connectivity index (χ0n) is 16.8. The minimum atomic E-state index is 0.00799. The summed E-state index contributed by atoms with van der Waals surface area (Å²) in [5.41, 5.74) is 0.892. The number of carbonyl (C=O) groups is 2. The van der Waals surface area contributed by atoms with Crippen molar-refractivity contribution in [3.8, 4) is 0 Å². The van der Waals surface area contributed by atoms with Gasteiger partial charge in [0.1, 0.15) is 0 Å². The number of para-hydroxylation sites is 1. The summed E-state index contributed by atoms with van der Waals surface area (Å²) < 4.78 is 0. The maximum Gasteiger partial charge on any atom is 0.226 e. The van der Waals surface area contributed by atoms with E-state index >= 15 is 0 Å². The maximum atomic E-state index is 12.3. The normalized spacial score (nSPS) is 19.0. The molecule has 0 saturated carbocycles. The van der Waals surface area contributed by atoms with Gasteiger partial charge in [-0.05, 0) is 59.1 Å². The third-order valence-electron chi connectivity index (χ3n) is 4.87. The number of nitrogens with zero attached hydrogens (tertiary/aromatic N) is 1. The Balaban J connectivity index is 1.76. The van der Waals surface area contributed by atoms with Gasteiger partial charge in [0.2, 0.25) is 11.8 Å². The lowest BCUT2D eigenvalue weighted by Gasteiger charge is -2.46. The van der Waals surface area contributed by atoms with Crippen molar-refractivity contribution < 1.29 is 9.59 Å². The molecule has 1 fully saturated rings. The Morgan fingerprint density at radius 1 is 1.08 bits per heavy atom. The number of piperidine rings is 1. The van der Waals surface area contributed by atoms with Gasteiger partial charge < -0.3 is 15.5 Å². The quantitative estimate of drug-likeness (QED) is 0.820. The predicted octanol–water partition coefficient (Wildman–Crippen LogP) is 3.25. The van der Waals surface area contributed by atoms with Crippen LogP contribution in [0.4, 0.5) is 5.69 Å². The highest BCUT2D eigenvalue weighted by molar-refractivity contribution is 5.93. The standard InChI is InChI=1S/C21H33N3O2/c1-20(2)14-16(15-21(3,4)23-20)22-18(25)12-9-13-19(26)24(5)17-10-7-6-8-11-17/h6-8,10-11,16,23H,9,12-15H2,1-5H3,(H,22,25). The first kappa shape index (κ1) is 20.4. The van der Waals surface area contributed by atoms with Gasteiger partial charge in [-0.3, -0.25) is 9.59 Å². The molecule has 2 rings (SSSR count). The molecule has 0 bridgehead atoms. The van der Waals surface area contributed by atoms with E-state index in [9.17, 15) is 9.59 Å². The molecule has 5 heteroatoms. The molecule has 0 aromatic heterocycles. The second-order valence-corrected chi connectivity index (χ2v) is 8.71. The van der Waals surface area contributed by atoms with Gasteiger partial charge in [0.15, 0.2) is 0 Å². The van der Waals surface area contributed by atoms with E-state index in [-0.39, 0.29) is 28.9 Å². The molecule has 5 nitrogen and oxygen atoms in total. The number of nitrogens with one attached hydrogen (secondary N) is 2. The number of hydrogen-bond acceptors (Lipinski definition) is 3. The molecule has 0 unspecified atom stereocenters. The first-order valence-corrected chi connectivity index (χ1v) is 9.48. The van der Waals surface area contributed by atoms with Gasteiger partial charge in [-0.2, -0.15) is 0 Å². The van der Waals surface area contributed by atoms with Crippen LogP contribution in [-0.2, 0) is 9.59 Å². The van der Waals surface area contributed by atoms with Crippen molar-refractivity contribution in [1.29, 1.82) is 0 Å². The fraction of sp³-hybridized carbons (Fsp3) is 0.619. The van der Waals surface area contributed by atoms with Crippen LogP contribution in [0.25, 0.3) is 0 Å². The Morgan fingerprint density at radius 2 is 1.65 bits per heavy atom. The fourth-order valence-electron chi connectivity index (χ4n) is 4.09. The van der Waals surface area contributed by atoms with Crippen LogP contribution in [-0.4, -0.2) is 36.0 Å². The highest BCUT2D eigenvalue weighted by atomic mass is 16.2. The molecular formula is C21H33N3O2. The topological polar surface area (TPSA) is 61.4 Å². The van der Waals surface area contributed by atoms with Gasteiger partial charge >= 0.3 is 0 Å². The maximum absolute atomic E-state index is 12.3. The minimum absolute atomic E-state index is 0.00799. The molecule has 1 saturated heterocycles. The van der Waals surface area contributed by atoms with Gasteiger partial charge in [0.25, 0.3) is 0 Å². The summed E-state index contributed by atoms with van der Waals surface area (Å²) in [6.07, 6.45) is 3.16. The van der Waals surface area contributed by atoms with E-state index in [4.69, 9.17) is 0 Å². The summed E-state index contributed by atoms with van der Waals surface area (Å²) in [6.45, 7) is 8.69. The predicted molar refractivity (Wildman–Crippen MR) is 106 cm³/mol. The smallest absolute Gasteiger partial charge is 0.226 e. The molecule has 0 atom stereocenters. The summed E-state index contributed by atoms with van der Waals surface area (Å²) in [6, 6.07) is 9.74. The van der Waals surface area contributed by atoms with Crippen LogP contribution in [0.15, 0.2) is 30.3 Å². The first-order chi connectivity index (χ1) is 12.1. The largest absolute Gasteiger partial charge is 0.353 e. The average molecular weight is 360 g/mol. The van der Waals surface area contributed by atoms with Gasteiger partial charge in [-0.1, -0.05) is 18.2 Å². The summed E-state index contributed by atoms with van der Waals surface area (Å²) >= 11 is 0. The Kier molecular flexibility index (Phi) is 6.45. The summed E-state index contributed by atoms with van der Waals surface area (Å²) in [4.78, 5) is 26.2. The van der Waals surface area contributed by atoms with Crippen LogP contribution < -0.4 is 15.5 Å². The van der Waals surface area contributed by atoms with Gasteiger partial charge in [-0.25, -0.2) is 0 Å². The molecule has 2 N–H and O–H groups in total. The lowest BCUT2D eigenvalue weighted by atomic mass is 9.79. The van der Waals surface area contributed by atoms with Gasteiger partial charge in [-0.15, -0.1) is 0 Å². The molecule has 144 valence electrons. The number of hydrogen-bond donors (Lipinski definition) is 2. The van der Waals surface area contributed by atoms with Crippen molar-refractivity contribution in [2.24, 2.45) is 0 Å². The summed E-state index contributed by atoms with van der Waals surface area (Å²) in [5.74, 6) is 0.0757. The van der Waals surface area contributed by atoms with Crippen LogP contribution >= 0.6 is 0 Å². The Bertz CT molecular complexity index is 609. The molecule has 0 radical (unpaired) electrons. The monoisotopic (exact) mass is 359 g/mol. The summed E-state index contributed by atoms with van der Waals surface area (Å²) in [7, 11) is 1.77. The van der Waals surface area contributed by atoms with Gasteiger partial charge in [0, 0.05) is 42.7 Å². The number of anilines is 1. The van der Waals surface area contributed by atoms with E-state index < -0.39 is 0 Å². The van der Waals surface area contributed by atoms with E-state index in [1.165, 1.54) is 0 Å². The number of rotatable bonds is 6. The Morgan fingerprint density at radius 3 is 2.23 bits per heavy atom. The molecule has 1 aliphatic rings. The average Bonchev–Trinajstić information content (AvgIpc) is 2.51. The molecule has 26 heavy (non-hydrogen) atoms. The van der Waals surface area contributed by atoms with E-state index in [1.54, 1.807) is 11.9 Å². The van der Waals surface area contributed by atoms with Crippen LogP contribution in [0.2, 0.25) is 0 Å². The van der Waals surface area contributed by atoms with Crippen molar-refractivity contribution in [3.63, 3.8) is 0 Å². The van der Waals surface area contributed by atoms with Crippen LogP contribution in [0.3, 0.4) is 0 Å². The highest BCUT2D eigenvalue weighted by Crippen LogP contribution is 2.28. The summed E-state index contributed by atoms with van der Waals surface area (Å²) in [5, 5.41) is 6.78. The second-order valence-electron chi connectivity index (χ2n) is 8.71. The van der Waals surface area contributed by atoms with Crippen LogP contribution in [0.5, 0.6) is 0 Å². The van der Waals surface area contributed by atoms with E-state index in [1.807, 2.05) is 30.3 Å². The third kappa shape index (κ3) is 6.13. The second kappa shape index (κ2) is 8.21. The molecule has 1 aromatic rings. The lowest BCUT2D eigenvalue weighted by molar-refractivity contribution is -0.122. The molecule has 1 aliphatic heterocycles.